The van der Waals surface area contributed by atoms with Crippen molar-refractivity contribution in [2.75, 3.05) is 18.4 Å². The van der Waals surface area contributed by atoms with Crippen LogP contribution in [0.15, 0.2) is 35.1 Å². The number of rotatable bonds is 4. The summed E-state index contributed by atoms with van der Waals surface area (Å²) in [7, 11) is 0. The second-order valence-corrected chi connectivity index (χ2v) is 6.67. The van der Waals surface area contributed by atoms with Crippen LogP contribution in [0, 0.1) is 6.92 Å². The number of amides is 1. The molecular weight excluding hydrogens is 326 g/mol. The predicted octanol–water partition coefficient (Wildman–Crippen LogP) is 3.84. The SMILES string of the molecule is Cc1c(Cl)cccc1NC(=O)C(C)N1CCC(c2ncco2)CC1. The Morgan fingerprint density at radius 1 is 1.42 bits per heavy atom. The number of halogens is 1. The summed E-state index contributed by atoms with van der Waals surface area (Å²) in [6, 6.07) is 5.36. The zero-order valence-corrected chi connectivity index (χ0v) is 14.7. The van der Waals surface area contributed by atoms with Crippen LogP contribution >= 0.6 is 11.6 Å². The van der Waals surface area contributed by atoms with Crippen LogP contribution in [-0.2, 0) is 4.79 Å². The maximum atomic E-state index is 12.6. The van der Waals surface area contributed by atoms with E-state index in [2.05, 4.69) is 15.2 Å². The van der Waals surface area contributed by atoms with E-state index in [1.54, 1.807) is 12.5 Å². The minimum atomic E-state index is -0.186. The summed E-state index contributed by atoms with van der Waals surface area (Å²) in [5.41, 5.74) is 1.66. The number of hydrogen-bond donors (Lipinski definition) is 1. The number of nitrogens with one attached hydrogen (secondary N) is 1. The zero-order valence-electron chi connectivity index (χ0n) is 14.0. The number of likely N-dealkylation sites (tertiary alicyclic amines) is 1. The van der Waals surface area contributed by atoms with Crippen molar-refractivity contribution in [2.24, 2.45) is 0 Å². The van der Waals surface area contributed by atoms with E-state index in [0.29, 0.717) is 10.9 Å². The van der Waals surface area contributed by atoms with E-state index >= 15 is 0 Å². The molecule has 0 aliphatic carbocycles. The molecule has 3 rings (SSSR count). The summed E-state index contributed by atoms with van der Waals surface area (Å²) in [5.74, 6) is 1.15. The van der Waals surface area contributed by atoms with Gasteiger partial charge in [-0.25, -0.2) is 4.98 Å². The molecule has 0 spiro atoms. The predicted molar refractivity (Wildman–Crippen MR) is 94.3 cm³/mol. The molecule has 1 fully saturated rings. The zero-order chi connectivity index (χ0) is 17.1. The molecule has 128 valence electrons. The Bertz CT molecular complexity index is 694. The molecule has 2 heterocycles. The number of benzene rings is 1. The van der Waals surface area contributed by atoms with Crippen LogP contribution in [0.1, 0.15) is 37.1 Å². The van der Waals surface area contributed by atoms with E-state index in [0.717, 1.165) is 43.1 Å². The van der Waals surface area contributed by atoms with Crippen molar-refractivity contribution in [1.82, 2.24) is 9.88 Å². The van der Waals surface area contributed by atoms with Crippen LogP contribution in [0.3, 0.4) is 0 Å². The van der Waals surface area contributed by atoms with Crippen LogP contribution < -0.4 is 5.32 Å². The van der Waals surface area contributed by atoms with Gasteiger partial charge in [-0.05, 0) is 57.5 Å². The van der Waals surface area contributed by atoms with Gasteiger partial charge in [0.25, 0.3) is 0 Å². The van der Waals surface area contributed by atoms with E-state index in [1.165, 1.54) is 0 Å². The van der Waals surface area contributed by atoms with Crippen molar-refractivity contribution >= 4 is 23.2 Å². The van der Waals surface area contributed by atoms with Gasteiger partial charge >= 0.3 is 0 Å². The quantitative estimate of drug-likeness (QED) is 0.912. The van der Waals surface area contributed by atoms with E-state index in [9.17, 15) is 4.79 Å². The minimum Gasteiger partial charge on any atom is -0.449 e. The lowest BCUT2D eigenvalue weighted by Gasteiger charge is -2.34. The Hall–Kier alpha value is -1.85. The third-order valence-corrected chi connectivity index (χ3v) is 5.19. The van der Waals surface area contributed by atoms with Gasteiger partial charge in [0, 0.05) is 16.6 Å². The Kier molecular flexibility index (Phi) is 5.21. The van der Waals surface area contributed by atoms with Crippen molar-refractivity contribution in [3.63, 3.8) is 0 Å². The molecule has 2 aromatic rings. The van der Waals surface area contributed by atoms with E-state index < -0.39 is 0 Å². The maximum absolute atomic E-state index is 12.6. The second kappa shape index (κ2) is 7.36. The first-order valence-corrected chi connectivity index (χ1v) is 8.63. The summed E-state index contributed by atoms with van der Waals surface area (Å²) >= 11 is 6.11. The molecule has 6 heteroatoms. The molecular formula is C18H22ClN3O2. The number of aromatic nitrogens is 1. The summed E-state index contributed by atoms with van der Waals surface area (Å²) in [6.07, 6.45) is 5.21. The van der Waals surface area contributed by atoms with Crippen LogP contribution in [0.2, 0.25) is 5.02 Å². The van der Waals surface area contributed by atoms with Gasteiger partial charge in [-0.15, -0.1) is 0 Å². The average Bonchev–Trinajstić information content (AvgIpc) is 3.13. The second-order valence-electron chi connectivity index (χ2n) is 6.26. The van der Waals surface area contributed by atoms with E-state index in [1.807, 2.05) is 32.0 Å². The third-order valence-electron chi connectivity index (χ3n) is 4.78. The number of carbonyl (C=O) groups is 1. The number of hydrogen-bond acceptors (Lipinski definition) is 4. The molecule has 0 saturated carbocycles. The molecule has 1 saturated heterocycles. The number of nitrogens with zero attached hydrogens (tertiary/aromatic N) is 2. The third kappa shape index (κ3) is 3.62. The highest BCUT2D eigenvalue weighted by Crippen LogP contribution is 2.28. The number of anilines is 1. The maximum Gasteiger partial charge on any atom is 0.241 e. The summed E-state index contributed by atoms with van der Waals surface area (Å²) in [4.78, 5) is 19.0. The first-order valence-electron chi connectivity index (χ1n) is 8.25. The Labute approximate surface area is 147 Å². The normalized spacial score (nSPS) is 17.6. The van der Waals surface area contributed by atoms with Gasteiger partial charge in [0.1, 0.15) is 6.26 Å². The van der Waals surface area contributed by atoms with Gasteiger partial charge < -0.3 is 9.73 Å². The highest BCUT2D eigenvalue weighted by Gasteiger charge is 2.29. The number of carbonyl (C=O) groups excluding carboxylic acids is 1. The molecule has 0 bridgehead atoms. The lowest BCUT2D eigenvalue weighted by molar-refractivity contribution is -0.121. The molecule has 1 aromatic heterocycles. The first kappa shape index (κ1) is 17.0. The molecule has 24 heavy (non-hydrogen) atoms. The van der Waals surface area contributed by atoms with Gasteiger partial charge in [0.2, 0.25) is 5.91 Å². The monoisotopic (exact) mass is 347 g/mol. The lowest BCUT2D eigenvalue weighted by atomic mass is 9.95. The van der Waals surface area contributed by atoms with Crippen molar-refractivity contribution in [3.05, 3.63) is 47.1 Å². The van der Waals surface area contributed by atoms with E-state index in [-0.39, 0.29) is 11.9 Å². The van der Waals surface area contributed by atoms with E-state index in [4.69, 9.17) is 16.0 Å². The van der Waals surface area contributed by atoms with Crippen molar-refractivity contribution in [1.29, 1.82) is 0 Å². The summed E-state index contributed by atoms with van der Waals surface area (Å²) in [6.45, 7) is 5.57. The smallest absolute Gasteiger partial charge is 0.241 e. The Balaban J connectivity index is 1.57. The molecule has 5 nitrogen and oxygen atoms in total. The number of oxazole rings is 1. The van der Waals surface area contributed by atoms with Crippen molar-refractivity contribution in [3.8, 4) is 0 Å². The Morgan fingerprint density at radius 3 is 2.83 bits per heavy atom. The van der Waals surface area contributed by atoms with Crippen LogP contribution in [0.5, 0.6) is 0 Å². The van der Waals surface area contributed by atoms with Crippen LogP contribution in [-0.4, -0.2) is 34.9 Å². The average molecular weight is 348 g/mol. The highest BCUT2D eigenvalue weighted by atomic mass is 35.5. The fourth-order valence-electron chi connectivity index (χ4n) is 3.12. The lowest BCUT2D eigenvalue weighted by Crippen LogP contribution is -2.45. The van der Waals surface area contributed by atoms with Gasteiger partial charge in [0.15, 0.2) is 5.89 Å². The molecule has 0 radical (unpaired) electrons. The minimum absolute atomic E-state index is 0.00468. The molecule has 1 amide bonds. The summed E-state index contributed by atoms with van der Waals surface area (Å²) < 4.78 is 5.40. The van der Waals surface area contributed by atoms with Gasteiger partial charge in [-0.3, -0.25) is 9.69 Å². The van der Waals surface area contributed by atoms with Crippen molar-refractivity contribution in [2.45, 2.75) is 38.6 Å². The largest absolute Gasteiger partial charge is 0.449 e. The highest BCUT2D eigenvalue weighted by molar-refractivity contribution is 6.31. The van der Waals surface area contributed by atoms with Crippen molar-refractivity contribution < 1.29 is 9.21 Å². The van der Waals surface area contributed by atoms with Gasteiger partial charge in [-0.2, -0.15) is 0 Å². The van der Waals surface area contributed by atoms with Crippen LogP contribution in [0.25, 0.3) is 0 Å². The van der Waals surface area contributed by atoms with Crippen LogP contribution in [0.4, 0.5) is 5.69 Å². The van der Waals surface area contributed by atoms with Gasteiger partial charge in [0.05, 0.1) is 12.2 Å². The molecule has 1 aliphatic heterocycles. The Morgan fingerprint density at radius 2 is 2.17 bits per heavy atom. The molecule has 1 N–H and O–H groups in total. The fourth-order valence-corrected chi connectivity index (χ4v) is 3.29. The topological polar surface area (TPSA) is 58.4 Å². The summed E-state index contributed by atoms with van der Waals surface area (Å²) in [5, 5.41) is 3.65. The van der Waals surface area contributed by atoms with Gasteiger partial charge in [-0.1, -0.05) is 17.7 Å². The first-order chi connectivity index (χ1) is 11.6. The number of piperidine rings is 1. The molecule has 1 atom stereocenters. The molecule has 1 aromatic carbocycles. The molecule has 1 unspecified atom stereocenters. The standard InChI is InChI=1S/C18H22ClN3O2/c1-12-15(19)4-3-5-16(12)21-17(23)13(2)22-9-6-14(7-10-22)18-20-8-11-24-18/h3-5,8,11,13-14H,6-7,9-10H2,1-2H3,(H,21,23). The molecule has 1 aliphatic rings. The fraction of sp³-hybridized carbons (Fsp3) is 0.444.